The van der Waals surface area contributed by atoms with Crippen LogP contribution in [0.3, 0.4) is 0 Å². The van der Waals surface area contributed by atoms with Gasteiger partial charge in [-0.25, -0.2) is 9.50 Å². The molecular weight excluding hydrogens is 314 g/mol. The van der Waals surface area contributed by atoms with Crippen LogP contribution < -0.4 is 5.56 Å². The first-order valence-corrected chi connectivity index (χ1v) is 8.32. The monoisotopic (exact) mass is 333 g/mol. The average Bonchev–Trinajstić information content (AvgIpc) is 3.15. The van der Waals surface area contributed by atoms with Crippen molar-refractivity contribution in [2.45, 2.75) is 27.2 Å². The van der Waals surface area contributed by atoms with Crippen LogP contribution in [-0.4, -0.2) is 24.8 Å². The van der Waals surface area contributed by atoms with Crippen molar-refractivity contribution >= 4 is 5.65 Å². The highest BCUT2D eigenvalue weighted by Gasteiger charge is 2.17. The average molecular weight is 333 g/mol. The summed E-state index contributed by atoms with van der Waals surface area (Å²) in [6.45, 7) is 6.02. The Morgan fingerprint density at radius 3 is 2.60 bits per heavy atom. The van der Waals surface area contributed by atoms with Gasteiger partial charge in [0.25, 0.3) is 5.56 Å². The molecule has 4 aromatic rings. The molecule has 0 unspecified atom stereocenters. The number of benzene rings is 1. The van der Waals surface area contributed by atoms with Crippen LogP contribution in [-0.2, 0) is 6.42 Å². The number of nitrogens with one attached hydrogen (secondary N) is 2. The second-order valence-electron chi connectivity index (χ2n) is 6.15. The predicted octanol–water partition coefficient (Wildman–Crippen LogP) is 3.26. The number of hydrogen-bond donors (Lipinski definition) is 2. The lowest BCUT2D eigenvalue weighted by Gasteiger charge is -2.03. The van der Waals surface area contributed by atoms with E-state index >= 15 is 0 Å². The molecule has 6 heteroatoms. The zero-order valence-electron chi connectivity index (χ0n) is 14.4. The second kappa shape index (κ2) is 5.73. The van der Waals surface area contributed by atoms with Crippen LogP contribution in [0.1, 0.15) is 23.9 Å². The minimum Gasteiger partial charge on any atom is -0.293 e. The number of hydrogen-bond acceptors (Lipinski definition) is 3. The number of aromatic amines is 2. The third-order valence-electron chi connectivity index (χ3n) is 4.57. The fraction of sp³-hybridized carbons (Fsp3) is 0.211. The maximum atomic E-state index is 12.6. The minimum atomic E-state index is -0.147. The molecule has 0 fully saturated rings. The van der Waals surface area contributed by atoms with Crippen molar-refractivity contribution in [3.05, 3.63) is 63.7 Å². The highest BCUT2D eigenvalue weighted by Crippen LogP contribution is 2.28. The van der Waals surface area contributed by atoms with Crippen molar-refractivity contribution in [1.29, 1.82) is 0 Å². The van der Waals surface area contributed by atoms with Crippen LogP contribution in [0, 0.1) is 13.8 Å². The largest absolute Gasteiger partial charge is 0.293 e. The molecule has 25 heavy (non-hydrogen) atoms. The van der Waals surface area contributed by atoms with Gasteiger partial charge in [0, 0.05) is 23.0 Å². The van der Waals surface area contributed by atoms with Gasteiger partial charge >= 0.3 is 0 Å². The molecule has 0 aliphatic heterocycles. The molecule has 1 aromatic carbocycles. The van der Waals surface area contributed by atoms with Crippen LogP contribution in [0.2, 0.25) is 0 Å². The normalized spacial score (nSPS) is 11.3. The molecule has 0 radical (unpaired) electrons. The maximum Gasteiger partial charge on any atom is 0.273 e. The van der Waals surface area contributed by atoms with Crippen LogP contribution >= 0.6 is 0 Å². The van der Waals surface area contributed by atoms with Crippen molar-refractivity contribution in [2.24, 2.45) is 0 Å². The minimum absolute atomic E-state index is 0.147. The number of H-pyrrole nitrogens is 2. The smallest absolute Gasteiger partial charge is 0.273 e. The van der Waals surface area contributed by atoms with E-state index < -0.39 is 0 Å². The summed E-state index contributed by atoms with van der Waals surface area (Å²) in [5, 5.41) is 10.5. The highest BCUT2D eigenvalue weighted by atomic mass is 16.1. The van der Waals surface area contributed by atoms with Gasteiger partial charge in [0.1, 0.15) is 5.69 Å². The lowest BCUT2D eigenvalue weighted by atomic mass is 10.1. The molecule has 0 saturated heterocycles. The van der Waals surface area contributed by atoms with Crippen LogP contribution in [0.5, 0.6) is 0 Å². The van der Waals surface area contributed by atoms with Crippen molar-refractivity contribution in [1.82, 2.24) is 24.8 Å². The fourth-order valence-electron chi connectivity index (χ4n) is 3.25. The lowest BCUT2D eigenvalue weighted by molar-refractivity contribution is 0.881. The molecule has 126 valence electrons. The molecule has 6 nitrogen and oxygen atoms in total. The summed E-state index contributed by atoms with van der Waals surface area (Å²) in [6, 6.07) is 11.5. The molecular formula is C19H19N5O. The highest BCUT2D eigenvalue weighted by molar-refractivity contribution is 5.80. The summed E-state index contributed by atoms with van der Waals surface area (Å²) in [7, 11) is 0. The Labute approximate surface area is 144 Å². The molecule has 3 aromatic heterocycles. The van der Waals surface area contributed by atoms with E-state index in [0.717, 1.165) is 40.2 Å². The van der Waals surface area contributed by atoms with Gasteiger partial charge in [-0.3, -0.25) is 15.0 Å². The van der Waals surface area contributed by atoms with Crippen LogP contribution in [0.4, 0.5) is 0 Å². The number of aromatic nitrogens is 5. The van der Waals surface area contributed by atoms with Gasteiger partial charge in [0.2, 0.25) is 0 Å². The Balaban J connectivity index is 2.00. The summed E-state index contributed by atoms with van der Waals surface area (Å²) < 4.78 is 1.49. The SMILES string of the molecule is CCc1[nH]nc(-c2cc(=O)n3[nH]c(C)c(-c4ccccc4)c3n2)c1C. The van der Waals surface area contributed by atoms with Crippen LogP contribution in [0.25, 0.3) is 28.2 Å². The molecule has 0 bridgehead atoms. The van der Waals surface area contributed by atoms with Gasteiger partial charge in [-0.05, 0) is 31.4 Å². The Morgan fingerprint density at radius 2 is 1.92 bits per heavy atom. The lowest BCUT2D eigenvalue weighted by Crippen LogP contribution is -2.14. The number of rotatable bonds is 3. The van der Waals surface area contributed by atoms with Gasteiger partial charge < -0.3 is 0 Å². The van der Waals surface area contributed by atoms with E-state index in [1.807, 2.05) is 44.2 Å². The first-order valence-electron chi connectivity index (χ1n) is 8.32. The molecule has 0 atom stereocenters. The molecule has 0 amide bonds. The van der Waals surface area contributed by atoms with Crippen molar-refractivity contribution in [2.75, 3.05) is 0 Å². The summed E-state index contributed by atoms with van der Waals surface area (Å²) in [5.41, 5.74) is 6.75. The van der Waals surface area contributed by atoms with Crippen molar-refractivity contribution in [3.8, 4) is 22.5 Å². The molecule has 0 aliphatic rings. The molecule has 4 rings (SSSR count). The van der Waals surface area contributed by atoms with E-state index in [-0.39, 0.29) is 5.56 Å². The van der Waals surface area contributed by atoms with Gasteiger partial charge in [0.15, 0.2) is 5.65 Å². The van der Waals surface area contributed by atoms with E-state index in [2.05, 4.69) is 22.2 Å². The number of aryl methyl sites for hydroxylation is 2. The second-order valence-corrected chi connectivity index (χ2v) is 6.15. The predicted molar refractivity (Wildman–Crippen MR) is 97.7 cm³/mol. The van der Waals surface area contributed by atoms with Gasteiger partial charge in [-0.2, -0.15) is 5.10 Å². The van der Waals surface area contributed by atoms with E-state index in [1.54, 1.807) is 0 Å². The molecule has 0 aliphatic carbocycles. The van der Waals surface area contributed by atoms with Crippen molar-refractivity contribution in [3.63, 3.8) is 0 Å². The third kappa shape index (κ3) is 2.38. The van der Waals surface area contributed by atoms with E-state index in [1.165, 1.54) is 10.6 Å². The molecule has 2 N–H and O–H groups in total. The Kier molecular flexibility index (Phi) is 3.53. The van der Waals surface area contributed by atoms with E-state index in [0.29, 0.717) is 11.3 Å². The number of nitrogens with zero attached hydrogens (tertiary/aromatic N) is 3. The summed E-state index contributed by atoms with van der Waals surface area (Å²) >= 11 is 0. The number of fused-ring (bicyclic) bond motifs is 1. The van der Waals surface area contributed by atoms with Gasteiger partial charge in [-0.15, -0.1) is 0 Å². The Morgan fingerprint density at radius 1 is 1.16 bits per heavy atom. The van der Waals surface area contributed by atoms with Crippen LogP contribution in [0.15, 0.2) is 41.2 Å². The van der Waals surface area contributed by atoms with Crippen molar-refractivity contribution < 1.29 is 0 Å². The topological polar surface area (TPSA) is 78.8 Å². The quantitative estimate of drug-likeness (QED) is 0.604. The third-order valence-corrected chi connectivity index (χ3v) is 4.57. The molecule has 3 heterocycles. The van der Waals surface area contributed by atoms with Gasteiger partial charge in [-0.1, -0.05) is 37.3 Å². The van der Waals surface area contributed by atoms with E-state index in [9.17, 15) is 4.79 Å². The first kappa shape index (κ1) is 15.4. The summed E-state index contributed by atoms with van der Waals surface area (Å²) in [4.78, 5) is 17.4. The van der Waals surface area contributed by atoms with Gasteiger partial charge in [0.05, 0.1) is 5.69 Å². The zero-order chi connectivity index (χ0) is 17.6. The Bertz CT molecular complexity index is 1120. The first-order chi connectivity index (χ1) is 12.1. The maximum absolute atomic E-state index is 12.6. The summed E-state index contributed by atoms with van der Waals surface area (Å²) in [5.74, 6) is 0. The standard InChI is InChI=1S/C19H19N5O/c1-4-14-11(2)18(22-21-14)15-10-16(25)24-19(20-15)17(12(3)23-24)13-8-6-5-7-9-13/h5-10,23H,4H2,1-3H3,(H,21,22). The molecule has 0 spiro atoms. The van der Waals surface area contributed by atoms with E-state index in [4.69, 9.17) is 4.98 Å². The Hall–Kier alpha value is -3.15. The fourth-order valence-corrected chi connectivity index (χ4v) is 3.25. The molecule has 0 saturated carbocycles. The zero-order valence-corrected chi connectivity index (χ0v) is 14.4. The summed E-state index contributed by atoms with van der Waals surface area (Å²) in [6.07, 6.45) is 0.860.